The number of rotatable bonds is 6. The number of carbonyl (C=O) groups excluding carboxylic acids is 1. The van der Waals surface area contributed by atoms with Crippen molar-refractivity contribution in [1.82, 2.24) is 10.6 Å². The first-order valence-corrected chi connectivity index (χ1v) is 8.36. The lowest BCUT2D eigenvalue weighted by Gasteiger charge is -2.20. The van der Waals surface area contributed by atoms with Crippen molar-refractivity contribution in [2.45, 2.75) is 25.9 Å². The molecular formula is C19H23ClN2O3. The van der Waals surface area contributed by atoms with Crippen molar-refractivity contribution in [1.29, 1.82) is 0 Å². The molecule has 0 spiro atoms. The highest BCUT2D eigenvalue weighted by atomic mass is 35.5. The highest BCUT2D eigenvalue weighted by Gasteiger charge is 2.15. The normalized spacial score (nSPS) is 12.8. The first-order valence-electron chi connectivity index (χ1n) is 7.99. The minimum absolute atomic E-state index is 0.156. The molecule has 0 aliphatic heterocycles. The van der Waals surface area contributed by atoms with E-state index in [0.29, 0.717) is 16.5 Å². The van der Waals surface area contributed by atoms with Crippen LogP contribution in [0.2, 0.25) is 5.02 Å². The van der Waals surface area contributed by atoms with Gasteiger partial charge in [0.25, 0.3) is 0 Å². The zero-order chi connectivity index (χ0) is 18.4. The summed E-state index contributed by atoms with van der Waals surface area (Å²) in [6, 6.07) is 12.4. The molecule has 2 aromatic rings. The van der Waals surface area contributed by atoms with Gasteiger partial charge in [0, 0.05) is 5.02 Å². The van der Waals surface area contributed by atoms with E-state index in [9.17, 15) is 4.79 Å². The van der Waals surface area contributed by atoms with Gasteiger partial charge in [0.2, 0.25) is 0 Å². The summed E-state index contributed by atoms with van der Waals surface area (Å²) >= 11 is 5.99. The largest absolute Gasteiger partial charge is 0.493 e. The molecule has 5 nitrogen and oxygen atoms in total. The van der Waals surface area contributed by atoms with Gasteiger partial charge < -0.3 is 20.1 Å². The Hall–Kier alpha value is -2.40. The SMILES string of the molecule is COc1ccc(C(C)NC(=O)NC(C)c2cccc(Cl)c2)cc1OC. The average Bonchev–Trinajstić information content (AvgIpc) is 2.60. The van der Waals surface area contributed by atoms with Gasteiger partial charge in [0.05, 0.1) is 26.3 Å². The number of hydrogen-bond donors (Lipinski definition) is 2. The molecule has 0 heterocycles. The summed E-state index contributed by atoms with van der Waals surface area (Å²) in [5, 5.41) is 6.48. The van der Waals surface area contributed by atoms with Gasteiger partial charge in [-0.15, -0.1) is 0 Å². The molecule has 2 unspecified atom stereocenters. The number of amides is 2. The Kier molecular flexibility index (Phi) is 6.53. The van der Waals surface area contributed by atoms with Crippen molar-refractivity contribution in [2.75, 3.05) is 14.2 Å². The maximum Gasteiger partial charge on any atom is 0.315 e. The van der Waals surface area contributed by atoms with Gasteiger partial charge in [-0.1, -0.05) is 29.8 Å². The maximum atomic E-state index is 12.3. The molecule has 0 aromatic heterocycles. The fourth-order valence-electron chi connectivity index (χ4n) is 2.50. The summed E-state index contributed by atoms with van der Waals surface area (Å²) in [5.41, 5.74) is 1.87. The van der Waals surface area contributed by atoms with Crippen LogP contribution in [-0.4, -0.2) is 20.3 Å². The molecule has 0 saturated heterocycles. The molecule has 0 fully saturated rings. The maximum absolute atomic E-state index is 12.3. The number of carbonyl (C=O) groups is 1. The summed E-state index contributed by atoms with van der Waals surface area (Å²) in [4.78, 5) is 12.3. The molecule has 0 bridgehead atoms. The van der Waals surface area contributed by atoms with Crippen LogP contribution in [0.15, 0.2) is 42.5 Å². The molecule has 2 rings (SSSR count). The third-order valence-electron chi connectivity index (χ3n) is 3.95. The third kappa shape index (κ3) is 5.03. The molecular weight excluding hydrogens is 340 g/mol. The van der Waals surface area contributed by atoms with Crippen LogP contribution in [0, 0.1) is 0 Å². The fourth-order valence-corrected chi connectivity index (χ4v) is 2.70. The minimum atomic E-state index is -0.255. The molecule has 134 valence electrons. The zero-order valence-corrected chi connectivity index (χ0v) is 15.6. The topological polar surface area (TPSA) is 59.6 Å². The molecule has 2 amide bonds. The lowest BCUT2D eigenvalue weighted by Crippen LogP contribution is -2.38. The van der Waals surface area contributed by atoms with E-state index in [1.807, 2.05) is 50.2 Å². The van der Waals surface area contributed by atoms with Crippen LogP contribution in [0.1, 0.15) is 37.1 Å². The first-order chi connectivity index (χ1) is 11.9. The Balaban J connectivity index is 2.00. The Morgan fingerprint density at radius 2 is 1.52 bits per heavy atom. The van der Waals surface area contributed by atoms with E-state index in [2.05, 4.69) is 10.6 Å². The first kappa shape index (κ1) is 18.9. The van der Waals surface area contributed by atoms with Gasteiger partial charge in [-0.2, -0.15) is 0 Å². The van der Waals surface area contributed by atoms with Gasteiger partial charge in [0.15, 0.2) is 11.5 Å². The number of ether oxygens (including phenoxy) is 2. The predicted octanol–water partition coefficient (Wildman–Crippen LogP) is 4.48. The van der Waals surface area contributed by atoms with Gasteiger partial charge in [-0.05, 0) is 49.2 Å². The van der Waals surface area contributed by atoms with E-state index in [-0.39, 0.29) is 18.1 Å². The van der Waals surface area contributed by atoms with Crippen LogP contribution < -0.4 is 20.1 Å². The molecule has 2 N–H and O–H groups in total. The van der Waals surface area contributed by atoms with Crippen molar-refractivity contribution in [3.05, 3.63) is 58.6 Å². The van der Waals surface area contributed by atoms with Crippen molar-refractivity contribution in [2.24, 2.45) is 0 Å². The molecule has 6 heteroatoms. The zero-order valence-electron chi connectivity index (χ0n) is 14.8. The van der Waals surface area contributed by atoms with E-state index >= 15 is 0 Å². The summed E-state index contributed by atoms with van der Waals surface area (Å²) < 4.78 is 10.5. The van der Waals surface area contributed by atoms with E-state index in [0.717, 1.165) is 11.1 Å². The average molecular weight is 363 g/mol. The quantitative estimate of drug-likeness (QED) is 0.796. The lowest BCUT2D eigenvalue weighted by atomic mass is 10.1. The molecule has 0 saturated carbocycles. The van der Waals surface area contributed by atoms with Gasteiger partial charge >= 0.3 is 6.03 Å². The summed E-state index contributed by atoms with van der Waals surface area (Å²) in [6.07, 6.45) is 0. The Labute approximate surface area is 153 Å². The lowest BCUT2D eigenvalue weighted by molar-refractivity contribution is 0.235. The Morgan fingerprint density at radius 1 is 0.920 bits per heavy atom. The van der Waals surface area contributed by atoms with Crippen molar-refractivity contribution in [3.8, 4) is 11.5 Å². The molecule has 0 aliphatic rings. The van der Waals surface area contributed by atoms with Crippen LogP contribution in [-0.2, 0) is 0 Å². The third-order valence-corrected chi connectivity index (χ3v) is 4.19. The van der Waals surface area contributed by atoms with Crippen molar-refractivity contribution in [3.63, 3.8) is 0 Å². The highest BCUT2D eigenvalue weighted by molar-refractivity contribution is 6.30. The Bertz CT molecular complexity index is 736. The van der Waals surface area contributed by atoms with Crippen LogP contribution >= 0.6 is 11.6 Å². The van der Waals surface area contributed by atoms with Gasteiger partial charge in [0.1, 0.15) is 0 Å². The summed E-state index contributed by atoms with van der Waals surface area (Å²) in [5.74, 6) is 1.28. The van der Waals surface area contributed by atoms with Crippen LogP contribution in [0.3, 0.4) is 0 Å². The molecule has 0 radical (unpaired) electrons. The van der Waals surface area contributed by atoms with Crippen LogP contribution in [0.4, 0.5) is 4.79 Å². The second-order valence-electron chi connectivity index (χ2n) is 5.73. The minimum Gasteiger partial charge on any atom is -0.493 e. The fraction of sp³-hybridized carbons (Fsp3) is 0.316. The van der Waals surface area contributed by atoms with Crippen LogP contribution in [0.25, 0.3) is 0 Å². The molecule has 2 aromatic carbocycles. The van der Waals surface area contributed by atoms with Gasteiger partial charge in [-0.3, -0.25) is 0 Å². The molecule has 0 aliphatic carbocycles. The number of halogens is 1. The van der Waals surface area contributed by atoms with E-state index in [4.69, 9.17) is 21.1 Å². The number of methoxy groups -OCH3 is 2. The van der Waals surface area contributed by atoms with E-state index in [1.165, 1.54) is 0 Å². The summed E-state index contributed by atoms with van der Waals surface area (Å²) in [6.45, 7) is 3.82. The number of urea groups is 1. The van der Waals surface area contributed by atoms with E-state index < -0.39 is 0 Å². The van der Waals surface area contributed by atoms with Gasteiger partial charge in [-0.25, -0.2) is 4.79 Å². The highest BCUT2D eigenvalue weighted by Crippen LogP contribution is 2.29. The number of nitrogens with one attached hydrogen (secondary N) is 2. The molecule has 2 atom stereocenters. The predicted molar refractivity (Wildman–Crippen MR) is 99.5 cm³/mol. The van der Waals surface area contributed by atoms with Crippen molar-refractivity contribution < 1.29 is 14.3 Å². The smallest absolute Gasteiger partial charge is 0.315 e. The summed E-state index contributed by atoms with van der Waals surface area (Å²) in [7, 11) is 3.17. The monoisotopic (exact) mass is 362 g/mol. The second-order valence-corrected chi connectivity index (χ2v) is 6.17. The van der Waals surface area contributed by atoms with Crippen molar-refractivity contribution >= 4 is 17.6 Å². The number of benzene rings is 2. The van der Waals surface area contributed by atoms with E-state index in [1.54, 1.807) is 20.3 Å². The number of hydrogen-bond acceptors (Lipinski definition) is 3. The molecule has 25 heavy (non-hydrogen) atoms. The Morgan fingerprint density at radius 3 is 2.08 bits per heavy atom. The van der Waals surface area contributed by atoms with Crippen LogP contribution in [0.5, 0.6) is 11.5 Å². The second kappa shape index (κ2) is 8.62. The standard InChI is InChI=1S/C19H23ClN2O3/c1-12(14-6-5-7-16(20)10-14)21-19(23)22-13(2)15-8-9-17(24-3)18(11-15)25-4/h5-13H,1-4H3,(H2,21,22,23).